The lowest BCUT2D eigenvalue weighted by Gasteiger charge is -2.34. The zero-order chi connectivity index (χ0) is 33.6. The van der Waals surface area contributed by atoms with Gasteiger partial charge in [0.2, 0.25) is 0 Å². The van der Waals surface area contributed by atoms with Crippen molar-refractivity contribution in [3.05, 3.63) is 166 Å². The Morgan fingerprint density at radius 3 is 1.90 bits per heavy atom. The smallest absolute Gasteiger partial charge is 0.178 e. The molecule has 0 amide bonds. The van der Waals surface area contributed by atoms with Crippen molar-refractivity contribution in [2.45, 2.75) is 82.4 Å². The molecule has 8 heteroatoms. The number of tetrazole rings is 1. The van der Waals surface area contributed by atoms with E-state index in [4.69, 9.17) is 27.0 Å². The summed E-state index contributed by atoms with van der Waals surface area (Å²) in [6.45, 7) is 2.66. The minimum Gasteiger partial charge on any atom is -0.390 e. The van der Waals surface area contributed by atoms with Crippen molar-refractivity contribution in [1.82, 2.24) is 29.8 Å². The first-order valence-corrected chi connectivity index (χ1v) is 17.9. The Kier molecular flexibility index (Phi) is 10.0. The third kappa shape index (κ3) is 6.45. The van der Waals surface area contributed by atoms with Crippen LogP contribution < -0.4 is 0 Å². The number of aliphatic hydroxyl groups excluding tert-OH is 1. The molecular weight excluding hydrogens is 628 g/mol. The van der Waals surface area contributed by atoms with Crippen molar-refractivity contribution in [1.29, 1.82) is 0 Å². The molecule has 1 N–H and O–H groups in total. The second-order valence-electron chi connectivity index (χ2n) is 13.1. The van der Waals surface area contributed by atoms with Gasteiger partial charge in [0, 0.05) is 18.9 Å². The van der Waals surface area contributed by atoms with Crippen molar-refractivity contribution in [2.75, 3.05) is 0 Å². The summed E-state index contributed by atoms with van der Waals surface area (Å²) in [7, 11) is 0. The van der Waals surface area contributed by atoms with E-state index in [1.54, 1.807) is 0 Å². The molecule has 1 aliphatic rings. The van der Waals surface area contributed by atoms with Gasteiger partial charge in [-0.3, -0.25) is 0 Å². The molecule has 0 radical (unpaired) electrons. The number of aromatic nitrogens is 6. The van der Waals surface area contributed by atoms with E-state index in [0.717, 1.165) is 72.4 Å². The number of aliphatic hydroxyl groups is 1. The third-order valence-corrected chi connectivity index (χ3v) is 10.5. The Balaban J connectivity index is 1.23. The van der Waals surface area contributed by atoms with Gasteiger partial charge in [0.05, 0.1) is 12.3 Å². The largest absolute Gasteiger partial charge is 0.390 e. The second kappa shape index (κ2) is 14.9. The number of benzene rings is 4. The van der Waals surface area contributed by atoms with Crippen LogP contribution in [0, 0.1) is 0 Å². The number of rotatable bonds is 12. The van der Waals surface area contributed by atoms with Crippen LogP contribution in [0.15, 0.2) is 115 Å². The standard InChI is InChI=1S/C41H43ClN6O/c1-2-3-23-38-43-39(42)37(29-49)47(38)28-30-24-26-31(27-25-30)35-21-13-14-22-36(35)40-44-46-48(45-40)41(32-15-7-4-8-16-32,33-17-9-5-10-18-33)34-19-11-6-12-20-34/h4-12,15-20,24-27,35-36,49H,2-3,13-14,21-23,28-29H2,1H3. The van der Waals surface area contributed by atoms with Crippen LogP contribution in [0.4, 0.5) is 0 Å². The number of aryl methyl sites for hydroxylation is 1. The van der Waals surface area contributed by atoms with Gasteiger partial charge in [0.15, 0.2) is 16.5 Å². The van der Waals surface area contributed by atoms with Gasteiger partial charge in [0.25, 0.3) is 0 Å². The van der Waals surface area contributed by atoms with Gasteiger partial charge >= 0.3 is 0 Å². The first kappa shape index (κ1) is 32.9. The molecule has 0 aliphatic heterocycles. The van der Waals surface area contributed by atoms with E-state index in [1.807, 2.05) is 23.0 Å². The van der Waals surface area contributed by atoms with Crippen molar-refractivity contribution < 1.29 is 5.11 Å². The molecule has 0 saturated heterocycles. The highest BCUT2D eigenvalue weighted by molar-refractivity contribution is 6.30. The lowest BCUT2D eigenvalue weighted by atomic mass is 9.75. The fraction of sp³-hybridized carbons (Fsp3) is 0.317. The van der Waals surface area contributed by atoms with E-state index in [2.05, 4.69) is 114 Å². The van der Waals surface area contributed by atoms with Gasteiger partial charge < -0.3 is 9.67 Å². The van der Waals surface area contributed by atoms with Crippen LogP contribution in [0.25, 0.3) is 0 Å². The SMILES string of the molecule is CCCCc1nc(Cl)c(CO)n1Cc1ccc(C2CCCCC2c2nnn(C(c3ccccc3)(c3ccccc3)c3ccccc3)n2)cc1. The predicted molar refractivity (Wildman–Crippen MR) is 194 cm³/mol. The predicted octanol–water partition coefficient (Wildman–Crippen LogP) is 8.69. The maximum Gasteiger partial charge on any atom is 0.178 e. The van der Waals surface area contributed by atoms with E-state index in [-0.39, 0.29) is 18.4 Å². The van der Waals surface area contributed by atoms with Crippen molar-refractivity contribution in [3.63, 3.8) is 0 Å². The highest BCUT2D eigenvalue weighted by Gasteiger charge is 2.42. The summed E-state index contributed by atoms with van der Waals surface area (Å²) in [5.74, 6) is 2.17. The topological polar surface area (TPSA) is 81.7 Å². The van der Waals surface area contributed by atoms with Gasteiger partial charge in [-0.2, -0.15) is 0 Å². The first-order valence-electron chi connectivity index (χ1n) is 17.5. The highest BCUT2D eigenvalue weighted by Crippen LogP contribution is 2.44. The Hall–Kier alpha value is -4.59. The number of unbranched alkanes of at least 4 members (excludes halogenated alkanes) is 1. The maximum absolute atomic E-state index is 10.0. The highest BCUT2D eigenvalue weighted by atomic mass is 35.5. The Bertz CT molecular complexity index is 1840. The zero-order valence-electron chi connectivity index (χ0n) is 28.0. The molecule has 2 aromatic heterocycles. The van der Waals surface area contributed by atoms with Crippen LogP contribution in [0.1, 0.15) is 102 Å². The van der Waals surface area contributed by atoms with Crippen molar-refractivity contribution in [3.8, 4) is 0 Å². The van der Waals surface area contributed by atoms with Crippen LogP contribution in [-0.2, 0) is 25.1 Å². The average Bonchev–Trinajstić information content (AvgIpc) is 3.77. The molecule has 7 rings (SSSR count). The van der Waals surface area contributed by atoms with E-state index in [1.165, 1.54) is 12.0 Å². The second-order valence-corrected chi connectivity index (χ2v) is 13.5. The molecular formula is C41H43ClN6O. The lowest BCUT2D eigenvalue weighted by Crippen LogP contribution is -2.39. The maximum atomic E-state index is 10.0. The Labute approximate surface area is 293 Å². The summed E-state index contributed by atoms with van der Waals surface area (Å²) in [5, 5.41) is 25.4. The molecule has 2 unspecified atom stereocenters. The third-order valence-electron chi connectivity index (χ3n) is 10.2. The molecule has 0 bridgehead atoms. The van der Waals surface area contributed by atoms with E-state index in [9.17, 15) is 5.11 Å². The summed E-state index contributed by atoms with van der Waals surface area (Å²) in [5.41, 5.74) is 5.56. The van der Waals surface area contributed by atoms with Crippen LogP contribution in [0.3, 0.4) is 0 Å². The summed E-state index contributed by atoms with van der Waals surface area (Å²) in [6.07, 6.45) is 7.35. The normalized spacial score (nSPS) is 16.6. The van der Waals surface area contributed by atoms with Crippen LogP contribution in [-0.4, -0.2) is 34.9 Å². The van der Waals surface area contributed by atoms with E-state index >= 15 is 0 Å². The molecule has 4 aromatic carbocycles. The zero-order valence-corrected chi connectivity index (χ0v) is 28.8. The molecule has 7 nitrogen and oxygen atoms in total. The van der Waals surface area contributed by atoms with Gasteiger partial charge in [-0.1, -0.05) is 153 Å². The Morgan fingerprint density at radius 2 is 1.35 bits per heavy atom. The lowest BCUT2D eigenvalue weighted by molar-refractivity contribution is 0.271. The molecule has 1 fully saturated rings. The number of nitrogens with zero attached hydrogens (tertiary/aromatic N) is 6. The summed E-state index contributed by atoms with van der Waals surface area (Å²) in [6, 6.07) is 40.4. The number of hydrogen-bond donors (Lipinski definition) is 1. The summed E-state index contributed by atoms with van der Waals surface area (Å²) in [4.78, 5) is 6.42. The minimum atomic E-state index is -0.791. The van der Waals surface area contributed by atoms with Crippen LogP contribution in [0.5, 0.6) is 0 Å². The summed E-state index contributed by atoms with van der Waals surface area (Å²) < 4.78 is 2.08. The fourth-order valence-electron chi connectivity index (χ4n) is 7.66. The van der Waals surface area contributed by atoms with E-state index < -0.39 is 5.54 Å². The molecule has 2 atom stereocenters. The number of halogens is 1. The fourth-order valence-corrected chi connectivity index (χ4v) is 7.92. The summed E-state index contributed by atoms with van der Waals surface area (Å²) >= 11 is 6.42. The Morgan fingerprint density at radius 1 is 0.776 bits per heavy atom. The molecule has 1 saturated carbocycles. The molecule has 2 heterocycles. The van der Waals surface area contributed by atoms with Crippen LogP contribution in [0.2, 0.25) is 5.15 Å². The molecule has 250 valence electrons. The molecule has 49 heavy (non-hydrogen) atoms. The molecule has 6 aromatic rings. The molecule has 0 spiro atoms. The monoisotopic (exact) mass is 670 g/mol. The van der Waals surface area contributed by atoms with Gasteiger partial charge in [-0.25, -0.2) is 4.98 Å². The van der Waals surface area contributed by atoms with Crippen LogP contribution >= 0.6 is 11.6 Å². The first-order chi connectivity index (χ1) is 24.1. The minimum absolute atomic E-state index is 0.131. The van der Waals surface area contributed by atoms with E-state index in [0.29, 0.717) is 17.4 Å². The van der Waals surface area contributed by atoms with Gasteiger partial charge in [-0.15, -0.1) is 15.0 Å². The van der Waals surface area contributed by atoms with Gasteiger partial charge in [0.1, 0.15) is 5.82 Å². The van der Waals surface area contributed by atoms with Crippen molar-refractivity contribution >= 4 is 11.6 Å². The quantitative estimate of drug-likeness (QED) is 0.132. The number of imidazole rings is 1. The molecule has 1 aliphatic carbocycles. The van der Waals surface area contributed by atoms with Crippen molar-refractivity contribution in [2.24, 2.45) is 0 Å². The average molecular weight is 671 g/mol. The van der Waals surface area contributed by atoms with Gasteiger partial charge in [-0.05, 0) is 58.2 Å². The number of hydrogen-bond acceptors (Lipinski definition) is 5.